The summed E-state index contributed by atoms with van der Waals surface area (Å²) < 4.78 is 5.19. The molecule has 24 heavy (non-hydrogen) atoms. The molecule has 2 amide bonds. The van der Waals surface area contributed by atoms with Crippen molar-refractivity contribution in [2.75, 3.05) is 12.4 Å². The van der Waals surface area contributed by atoms with E-state index >= 15 is 0 Å². The second-order valence-electron chi connectivity index (χ2n) is 7.97. The molecule has 3 unspecified atom stereocenters. The molecule has 0 aliphatic heterocycles. The molecule has 5 rings (SSSR count). The largest absolute Gasteiger partial charge is 0.497 e. The van der Waals surface area contributed by atoms with Gasteiger partial charge in [-0.2, -0.15) is 0 Å². The van der Waals surface area contributed by atoms with Crippen LogP contribution < -0.4 is 15.4 Å². The SMILES string of the molecule is COc1ccc(NC(=O)NC2C3CC4CC(C3)CC2(O)C4)c(C)c1. The van der Waals surface area contributed by atoms with Gasteiger partial charge in [-0.05, 0) is 80.5 Å². The van der Waals surface area contributed by atoms with E-state index in [0.29, 0.717) is 17.8 Å². The fourth-order valence-electron chi connectivity index (χ4n) is 5.45. The van der Waals surface area contributed by atoms with Gasteiger partial charge in [-0.3, -0.25) is 0 Å². The highest BCUT2D eigenvalue weighted by Gasteiger charge is 2.56. The van der Waals surface area contributed by atoms with Crippen molar-refractivity contribution in [3.8, 4) is 5.75 Å². The molecule has 4 aliphatic carbocycles. The number of carbonyl (C=O) groups is 1. The van der Waals surface area contributed by atoms with Gasteiger partial charge < -0.3 is 20.5 Å². The molecule has 4 aliphatic rings. The highest BCUT2D eigenvalue weighted by Crippen LogP contribution is 2.55. The zero-order valence-corrected chi connectivity index (χ0v) is 14.3. The Morgan fingerprint density at radius 1 is 1.25 bits per heavy atom. The molecule has 4 saturated carbocycles. The van der Waals surface area contributed by atoms with Crippen molar-refractivity contribution >= 4 is 11.7 Å². The molecule has 5 heteroatoms. The van der Waals surface area contributed by atoms with Gasteiger partial charge in [0.2, 0.25) is 0 Å². The Labute approximate surface area is 142 Å². The number of aliphatic hydroxyl groups is 1. The molecular formula is C19H26N2O3. The number of benzene rings is 1. The molecule has 3 N–H and O–H groups in total. The Morgan fingerprint density at radius 3 is 2.54 bits per heavy atom. The quantitative estimate of drug-likeness (QED) is 0.798. The van der Waals surface area contributed by atoms with Crippen molar-refractivity contribution in [2.24, 2.45) is 17.8 Å². The first-order valence-electron chi connectivity index (χ1n) is 8.91. The van der Waals surface area contributed by atoms with E-state index < -0.39 is 5.60 Å². The molecule has 0 saturated heterocycles. The summed E-state index contributed by atoms with van der Waals surface area (Å²) in [6.45, 7) is 1.94. The first-order valence-corrected chi connectivity index (χ1v) is 8.91. The number of amides is 2. The lowest BCUT2D eigenvalue weighted by molar-refractivity contribution is -0.146. The Kier molecular flexibility index (Phi) is 3.71. The molecule has 0 radical (unpaired) electrons. The number of nitrogens with one attached hydrogen (secondary N) is 2. The van der Waals surface area contributed by atoms with Crippen LogP contribution in [-0.2, 0) is 0 Å². The molecule has 3 atom stereocenters. The number of hydrogen-bond acceptors (Lipinski definition) is 3. The van der Waals surface area contributed by atoms with Gasteiger partial charge in [0.05, 0.1) is 18.8 Å². The molecule has 4 fully saturated rings. The van der Waals surface area contributed by atoms with Crippen LogP contribution in [-0.4, -0.2) is 29.9 Å². The van der Waals surface area contributed by atoms with Gasteiger partial charge in [0, 0.05) is 5.69 Å². The van der Waals surface area contributed by atoms with E-state index in [2.05, 4.69) is 10.6 Å². The van der Waals surface area contributed by atoms with Crippen molar-refractivity contribution in [3.05, 3.63) is 23.8 Å². The maximum atomic E-state index is 12.5. The molecule has 5 nitrogen and oxygen atoms in total. The summed E-state index contributed by atoms with van der Waals surface area (Å²) in [5.41, 5.74) is 1.01. The minimum atomic E-state index is -0.707. The van der Waals surface area contributed by atoms with Crippen LogP contribution in [0.3, 0.4) is 0 Å². The van der Waals surface area contributed by atoms with E-state index in [4.69, 9.17) is 4.74 Å². The fraction of sp³-hybridized carbons (Fsp3) is 0.632. The maximum absolute atomic E-state index is 12.5. The Morgan fingerprint density at radius 2 is 1.96 bits per heavy atom. The lowest BCUT2D eigenvalue weighted by Crippen LogP contribution is -2.66. The average molecular weight is 330 g/mol. The van der Waals surface area contributed by atoms with Gasteiger partial charge in [0.1, 0.15) is 5.75 Å². The van der Waals surface area contributed by atoms with Gasteiger partial charge in [-0.1, -0.05) is 0 Å². The third-order valence-corrected chi connectivity index (χ3v) is 6.24. The van der Waals surface area contributed by atoms with Gasteiger partial charge in [-0.25, -0.2) is 4.79 Å². The van der Waals surface area contributed by atoms with Crippen LogP contribution in [0.1, 0.15) is 37.7 Å². The second-order valence-corrected chi connectivity index (χ2v) is 7.97. The normalized spacial score (nSPS) is 36.5. The summed E-state index contributed by atoms with van der Waals surface area (Å²) in [4.78, 5) is 12.5. The standard InChI is InChI=1S/C19H26N2O3/c1-11-5-15(24-2)3-4-16(11)20-18(22)21-17-14-7-12-6-13(8-14)10-19(17,23)9-12/h3-5,12-14,17,23H,6-10H2,1-2H3,(H2,20,21,22). The van der Waals surface area contributed by atoms with Crippen molar-refractivity contribution in [1.29, 1.82) is 0 Å². The number of anilines is 1. The van der Waals surface area contributed by atoms with E-state index in [1.165, 1.54) is 6.42 Å². The molecule has 1 aromatic carbocycles. The predicted molar refractivity (Wildman–Crippen MR) is 92.2 cm³/mol. The van der Waals surface area contributed by atoms with Crippen molar-refractivity contribution in [1.82, 2.24) is 5.32 Å². The van der Waals surface area contributed by atoms with Crippen LogP contribution >= 0.6 is 0 Å². The van der Waals surface area contributed by atoms with E-state index in [0.717, 1.165) is 42.7 Å². The molecular weight excluding hydrogens is 304 g/mol. The molecule has 0 spiro atoms. The molecule has 4 bridgehead atoms. The number of ether oxygens (including phenoxy) is 1. The van der Waals surface area contributed by atoms with Crippen LogP contribution in [0.15, 0.2) is 18.2 Å². The summed E-state index contributed by atoms with van der Waals surface area (Å²) >= 11 is 0. The van der Waals surface area contributed by atoms with Crippen LogP contribution in [0.4, 0.5) is 10.5 Å². The van der Waals surface area contributed by atoms with Crippen molar-refractivity contribution < 1.29 is 14.6 Å². The number of hydrogen-bond donors (Lipinski definition) is 3. The van der Waals surface area contributed by atoms with E-state index in [-0.39, 0.29) is 12.1 Å². The first kappa shape index (κ1) is 15.8. The zero-order valence-electron chi connectivity index (χ0n) is 14.3. The van der Waals surface area contributed by atoms with Crippen LogP contribution in [0, 0.1) is 24.7 Å². The molecule has 0 heterocycles. The lowest BCUT2D eigenvalue weighted by Gasteiger charge is -2.58. The fourth-order valence-corrected chi connectivity index (χ4v) is 5.45. The Hall–Kier alpha value is -1.75. The number of carbonyl (C=O) groups excluding carboxylic acids is 1. The zero-order chi connectivity index (χ0) is 16.9. The third kappa shape index (κ3) is 2.65. The first-order chi connectivity index (χ1) is 11.5. The predicted octanol–water partition coefficient (Wildman–Crippen LogP) is 3.06. The second kappa shape index (κ2) is 5.66. The average Bonchev–Trinajstić information content (AvgIpc) is 2.52. The van der Waals surface area contributed by atoms with E-state index in [1.807, 2.05) is 25.1 Å². The number of rotatable bonds is 3. The number of aryl methyl sites for hydroxylation is 1. The third-order valence-electron chi connectivity index (χ3n) is 6.24. The Bertz CT molecular complexity index is 646. The van der Waals surface area contributed by atoms with Crippen LogP contribution in [0.25, 0.3) is 0 Å². The highest BCUT2D eigenvalue weighted by atomic mass is 16.5. The van der Waals surface area contributed by atoms with Gasteiger partial charge >= 0.3 is 6.03 Å². The summed E-state index contributed by atoms with van der Waals surface area (Å²) in [5.74, 6) is 2.49. The van der Waals surface area contributed by atoms with E-state index in [9.17, 15) is 9.90 Å². The van der Waals surface area contributed by atoms with Gasteiger partial charge in [0.15, 0.2) is 0 Å². The topological polar surface area (TPSA) is 70.6 Å². The summed E-state index contributed by atoms with van der Waals surface area (Å²) in [6, 6.07) is 5.22. The van der Waals surface area contributed by atoms with E-state index in [1.54, 1.807) is 7.11 Å². The van der Waals surface area contributed by atoms with Gasteiger partial charge in [-0.15, -0.1) is 0 Å². The van der Waals surface area contributed by atoms with Crippen LogP contribution in [0.5, 0.6) is 5.75 Å². The highest BCUT2D eigenvalue weighted by molar-refractivity contribution is 5.90. The summed E-state index contributed by atoms with van der Waals surface area (Å²) in [6.07, 6.45) is 5.23. The number of urea groups is 1. The lowest BCUT2D eigenvalue weighted by atomic mass is 9.52. The van der Waals surface area contributed by atoms with Gasteiger partial charge in [0.25, 0.3) is 0 Å². The summed E-state index contributed by atoms with van der Waals surface area (Å²) in [7, 11) is 1.63. The number of methoxy groups -OCH3 is 1. The molecule has 130 valence electrons. The molecule has 0 aromatic heterocycles. The van der Waals surface area contributed by atoms with Crippen molar-refractivity contribution in [2.45, 2.75) is 50.7 Å². The molecule has 1 aromatic rings. The maximum Gasteiger partial charge on any atom is 0.319 e. The Balaban J connectivity index is 1.45. The minimum Gasteiger partial charge on any atom is -0.497 e. The van der Waals surface area contributed by atoms with Crippen molar-refractivity contribution in [3.63, 3.8) is 0 Å². The van der Waals surface area contributed by atoms with Crippen LogP contribution in [0.2, 0.25) is 0 Å². The monoisotopic (exact) mass is 330 g/mol. The smallest absolute Gasteiger partial charge is 0.319 e. The minimum absolute atomic E-state index is 0.121. The summed E-state index contributed by atoms with van der Waals surface area (Å²) in [5, 5.41) is 17.0.